The molecule has 0 unspecified atom stereocenters. The monoisotopic (exact) mass is 276 g/mol. The topological polar surface area (TPSA) is 58.1 Å². The zero-order valence-electron chi connectivity index (χ0n) is 10.6. The molecule has 0 atom stereocenters. The molecule has 0 fully saturated rings. The summed E-state index contributed by atoms with van der Waals surface area (Å²) in [6.45, 7) is 1.98. The highest BCUT2D eigenvalue weighted by Crippen LogP contribution is 2.30. The number of benzene rings is 1. The summed E-state index contributed by atoms with van der Waals surface area (Å²) < 4.78 is 0. The quantitative estimate of drug-likeness (QED) is 0.689. The van der Waals surface area contributed by atoms with Crippen molar-refractivity contribution in [1.29, 1.82) is 0 Å². The summed E-state index contributed by atoms with van der Waals surface area (Å²) >= 11 is 5.75. The fraction of sp³-hybridized carbons (Fsp3) is 0.154. The van der Waals surface area contributed by atoms with E-state index < -0.39 is 0 Å². The Morgan fingerprint density at radius 3 is 2.79 bits per heavy atom. The Morgan fingerprint density at radius 1 is 1.37 bits per heavy atom. The minimum absolute atomic E-state index is 0.0995. The van der Waals surface area contributed by atoms with Crippen molar-refractivity contribution in [2.24, 2.45) is 0 Å². The minimum atomic E-state index is 0.0995. The third-order valence-electron chi connectivity index (χ3n) is 2.64. The summed E-state index contributed by atoms with van der Waals surface area (Å²) in [6, 6.07) is 7.36. The highest BCUT2D eigenvalue weighted by molar-refractivity contribution is 6.28. The van der Waals surface area contributed by atoms with Crippen LogP contribution in [0.5, 0.6) is 0 Å². The standard InChI is InChI=1S/C13H13ClN4O/c1-9-3-4-11(10(7-9)15-2)18(8-19)12-5-6-16-13(14)17-12/h3-8,15H,1-2H3. The molecular weight excluding hydrogens is 264 g/mol. The van der Waals surface area contributed by atoms with Gasteiger partial charge in [-0.3, -0.25) is 9.69 Å². The Morgan fingerprint density at radius 2 is 2.16 bits per heavy atom. The number of halogens is 1. The molecule has 1 aromatic carbocycles. The molecule has 19 heavy (non-hydrogen) atoms. The highest BCUT2D eigenvalue weighted by atomic mass is 35.5. The van der Waals surface area contributed by atoms with Crippen LogP contribution in [0.1, 0.15) is 5.56 Å². The minimum Gasteiger partial charge on any atom is -0.386 e. The van der Waals surface area contributed by atoms with Crippen LogP contribution in [0.25, 0.3) is 0 Å². The van der Waals surface area contributed by atoms with Gasteiger partial charge in [0.15, 0.2) is 0 Å². The first-order valence-electron chi connectivity index (χ1n) is 5.67. The summed E-state index contributed by atoms with van der Waals surface area (Å²) in [7, 11) is 1.80. The zero-order chi connectivity index (χ0) is 13.8. The van der Waals surface area contributed by atoms with E-state index in [2.05, 4.69) is 15.3 Å². The third-order valence-corrected chi connectivity index (χ3v) is 2.83. The Bertz CT molecular complexity index is 603. The van der Waals surface area contributed by atoms with Crippen LogP contribution in [-0.2, 0) is 4.79 Å². The van der Waals surface area contributed by atoms with Crippen molar-refractivity contribution in [3.8, 4) is 0 Å². The highest BCUT2D eigenvalue weighted by Gasteiger charge is 2.14. The fourth-order valence-electron chi connectivity index (χ4n) is 1.75. The van der Waals surface area contributed by atoms with E-state index in [0.29, 0.717) is 17.9 Å². The number of hydrogen-bond acceptors (Lipinski definition) is 4. The first-order chi connectivity index (χ1) is 9.15. The molecule has 2 rings (SSSR count). The largest absolute Gasteiger partial charge is 0.386 e. The van der Waals surface area contributed by atoms with E-state index in [0.717, 1.165) is 11.3 Å². The number of amides is 1. The summed E-state index contributed by atoms with van der Waals surface area (Å²) in [5.41, 5.74) is 2.64. The number of aromatic nitrogens is 2. The number of nitrogens with zero attached hydrogens (tertiary/aromatic N) is 3. The fourth-order valence-corrected chi connectivity index (χ4v) is 1.90. The van der Waals surface area contributed by atoms with Crippen LogP contribution >= 0.6 is 11.6 Å². The van der Waals surface area contributed by atoms with Crippen LogP contribution in [0.4, 0.5) is 17.2 Å². The van der Waals surface area contributed by atoms with Crippen molar-refractivity contribution >= 4 is 35.2 Å². The smallest absolute Gasteiger partial charge is 0.224 e. The predicted octanol–water partition coefficient (Wildman–Crippen LogP) is 2.77. The van der Waals surface area contributed by atoms with Crippen LogP contribution < -0.4 is 10.2 Å². The van der Waals surface area contributed by atoms with Crippen LogP contribution in [0.3, 0.4) is 0 Å². The molecule has 6 heteroatoms. The van der Waals surface area contributed by atoms with Crippen molar-refractivity contribution in [2.45, 2.75) is 6.92 Å². The Labute approximate surface area is 116 Å². The van der Waals surface area contributed by atoms with Crippen molar-refractivity contribution < 1.29 is 4.79 Å². The van der Waals surface area contributed by atoms with Crippen molar-refractivity contribution in [3.63, 3.8) is 0 Å². The number of anilines is 3. The average Bonchev–Trinajstić information content (AvgIpc) is 2.41. The van der Waals surface area contributed by atoms with Gasteiger partial charge in [-0.05, 0) is 42.3 Å². The molecule has 2 aromatic rings. The van der Waals surface area contributed by atoms with Gasteiger partial charge in [0, 0.05) is 13.2 Å². The number of carbonyl (C=O) groups is 1. The molecule has 1 aromatic heterocycles. The number of nitrogens with one attached hydrogen (secondary N) is 1. The van der Waals surface area contributed by atoms with E-state index in [1.807, 2.05) is 25.1 Å². The lowest BCUT2D eigenvalue weighted by atomic mass is 10.2. The van der Waals surface area contributed by atoms with Crippen LogP contribution in [0.2, 0.25) is 5.28 Å². The molecular formula is C13H13ClN4O. The molecule has 0 aliphatic carbocycles. The van der Waals surface area contributed by atoms with Gasteiger partial charge >= 0.3 is 0 Å². The molecule has 0 spiro atoms. The van der Waals surface area contributed by atoms with Gasteiger partial charge in [-0.25, -0.2) is 4.98 Å². The Kier molecular flexibility index (Phi) is 3.97. The second kappa shape index (κ2) is 5.67. The molecule has 1 heterocycles. The van der Waals surface area contributed by atoms with Crippen molar-refractivity contribution in [1.82, 2.24) is 9.97 Å². The van der Waals surface area contributed by atoms with Crippen molar-refractivity contribution in [3.05, 3.63) is 41.3 Å². The van der Waals surface area contributed by atoms with Gasteiger partial charge in [0.25, 0.3) is 0 Å². The number of rotatable bonds is 4. The van der Waals surface area contributed by atoms with Gasteiger partial charge in [-0.1, -0.05) is 6.07 Å². The SMILES string of the molecule is CNc1cc(C)ccc1N(C=O)c1ccnc(Cl)n1. The van der Waals surface area contributed by atoms with Crippen LogP contribution in [0, 0.1) is 6.92 Å². The summed E-state index contributed by atoms with van der Waals surface area (Å²) in [5.74, 6) is 0.426. The van der Waals surface area contributed by atoms with Crippen LogP contribution in [-0.4, -0.2) is 23.4 Å². The maximum Gasteiger partial charge on any atom is 0.224 e. The Hall–Kier alpha value is -2.14. The number of carbonyl (C=O) groups excluding carboxylic acids is 1. The molecule has 0 radical (unpaired) electrons. The Balaban J connectivity index is 2.51. The van der Waals surface area contributed by atoms with E-state index in [-0.39, 0.29) is 5.28 Å². The molecule has 0 aliphatic heterocycles. The van der Waals surface area contributed by atoms with E-state index in [1.165, 1.54) is 11.1 Å². The maximum absolute atomic E-state index is 11.4. The first-order valence-corrected chi connectivity index (χ1v) is 6.05. The summed E-state index contributed by atoms with van der Waals surface area (Å²) in [6.07, 6.45) is 2.21. The zero-order valence-corrected chi connectivity index (χ0v) is 11.3. The second-order valence-corrected chi connectivity index (χ2v) is 4.27. The lowest BCUT2D eigenvalue weighted by Gasteiger charge is -2.20. The molecule has 0 saturated heterocycles. The normalized spacial score (nSPS) is 10.1. The predicted molar refractivity (Wildman–Crippen MR) is 76.0 cm³/mol. The van der Waals surface area contributed by atoms with Gasteiger partial charge in [0.2, 0.25) is 11.7 Å². The number of hydrogen-bond donors (Lipinski definition) is 1. The lowest BCUT2D eigenvalue weighted by molar-refractivity contribution is -0.106. The molecule has 0 bridgehead atoms. The van der Waals surface area contributed by atoms with Gasteiger partial charge in [-0.15, -0.1) is 0 Å². The summed E-state index contributed by atoms with van der Waals surface area (Å²) in [5, 5.41) is 3.16. The van der Waals surface area contributed by atoms with Gasteiger partial charge < -0.3 is 5.32 Å². The third kappa shape index (κ3) is 2.82. The van der Waals surface area contributed by atoms with Crippen molar-refractivity contribution in [2.75, 3.05) is 17.3 Å². The van der Waals surface area contributed by atoms with E-state index >= 15 is 0 Å². The maximum atomic E-state index is 11.4. The summed E-state index contributed by atoms with van der Waals surface area (Å²) in [4.78, 5) is 20.6. The van der Waals surface area contributed by atoms with E-state index in [4.69, 9.17) is 11.6 Å². The molecule has 0 aliphatic rings. The molecule has 98 valence electrons. The first kappa shape index (κ1) is 13.3. The van der Waals surface area contributed by atoms with E-state index in [9.17, 15) is 4.79 Å². The second-order valence-electron chi connectivity index (χ2n) is 3.93. The van der Waals surface area contributed by atoms with Gasteiger partial charge in [0.1, 0.15) is 5.82 Å². The molecule has 5 nitrogen and oxygen atoms in total. The van der Waals surface area contributed by atoms with Crippen LogP contribution in [0.15, 0.2) is 30.5 Å². The average molecular weight is 277 g/mol. The lowest BCUT2D eigenvalue weighted by Crippen LogP contribution is -2.17. The van der Waals surface area contributed by atoms with Gasteiger partial charge in [0.05, 0.1) is 11.4 Å². The molecule has 1 amide bonds. The number of aryl methyl sites for hydroxylation is 1. The molecule has 1 N–H and O–H groups in total. The molecule has 0 saturated carbocycles. The van der Waals surface area contributed by atoms with Gasteiger partial charge in [-0.2, -0.15) is 4.98 Å². The van der Waals surface area contributed by atoms with E-state index in [1.54, 1.807) is 13.1 Å².